The molecule has 0 spiro atoms. The molecule has 1 unspecified atom stereocenters. The molecule has 0 aliphatic carbocycles. The number of carbonyl (C=O) groups is 1. The Morgan fingerprint density at radius 1 is 1.17 bits per heavy atom. The van der Waals surface area contributed by atoms with E-state index < -0.39 is 15.3 Å². The molecule has 1 N–H and O–H groups in total. The fourth-order valence-electron chi connectivity index (χ4n) is 2.98. The summed E-state index contributed by atoms with van der Waals surface area (Å²) in [5.41, 5.74) is 0.608. The van der Waals surface area contributed by atoms with Gasteiger partial charge in [-0.1, -0.05) is 11.8 Å². The Balaban J connectivity index is 1.37. The highest BCUT2D eigenvalue weighted by molar-refractivity contribution is 8.00. The van der Waals surface area contributed by atoms with Crippen molar-refractivity contribution >= 4 is 33.4 Å². The lowest BCUT2D eigenvalue weighted by atomic mass is 10.2. The number of rotatable bonds is 6. The predicted molar refractivity (Wildman–Crippen MR) is 110 cm³/mol. The van der Waals surface area contributed by atoms with Gasteiger partial charge in [0.2, 0.25) is 22.7 Å². The van der Waals surface area contributed by atoms with E-state index in [2.05, 4.69) is 10.3 Å². The summed E-state index contributed by atoms with van der Waals surface area (Å²) < 4.78 is 42.5. The summed E-state index contributed by atoms with van der Waals surface area (Å²) in [5, 5.41) is 2.95. The van der Waals surface area contributed by atoms with Gasteiger partial charge < -0.3 is 19.5 Å². The van der Waals surface area contributed by atoms with E-state index in [-0.39, 0.29) is 17.6 Å². The maximum absolute atomic E-state index is 12.7. The number of anilines is 1. The first-order chi connectivity index (χ1) is 14.4. The molecule has 2 aromatic rings. The number of carbonyl (C=O) groups excluding carboxylic acids is 1. The Hall–Kier alpha value is -2.34. The molecule has 0 saturated carbocycles. The van der Waals surface area contributed by atoms with Gasteiger partial charge in [-0.25, -0.2) is 13.4 Å². The van der Waals surface area contributed by atoms with Gasteiger partial charge in [0, 0.05) is 31.0 Å². The lowest BCUT2D eigenvalue weighted by Gasteiger charge is -2.25. The molecule has 3 heterocycles. The summed E-state index contributed by atoms with van der Waals surface area (Å²) >= 11 is 1.24. The van der Waals surface area contributed by atoms with Crippen molar-refractivity contribution in [1.29, 1.82) is 0 Å². The second-order valence-electron chi connectivity index (χ2n) is 6.67. The number of aromatic nitrogens is 1. The van der Waals surface area contributed by atoms with Crippen LogP contribution in [0.15, 0.2) is 46.5 Å². The molecular weight excluding hydrogens is 430 g/mol. The van der Waals surface area contributed by atoms with E-state index in [9.17, 15) is 13.2 Å². The van der Waals surface area contributed by atoms with Crippen LogP contribution in [0.1, 0.15) is 6.92 Å². The summed E-state index contributed by atoms with van der Waals surface area (Å²) in [7, 11) is -3.59. The summed E-state index contributed by atoms with van der Waals surface area (Å²) in [5.74, 6) is 1.03. The first kappa shape index (κ1) is 20.9. The fourth-order valence-corrected chi connectivity index (χ4v) is 5.12. The van der Waals surface area contributed by atoms with E-state index in [4.69, 9.17) is 14.2 Å². The van der Waals surface area contributed by atoms with Crippen molar-refractivity contribution in [2.75, 3.05) is 38.4 Å². The van der Waals surface area contributed by atoms with E-state index in [1.807, 2.05) is 0 Å². The average molecular weight is 452 g/mol. The van der Waals surface area contributed by atoms with Crippen molar-refractivity contribution in [3.05, 3.63) is 36.5 Å². The number of pyridine rings is 1. The van der Waals surface area contributed by atoms with Gasteiger partial charge in [0.05, 0.1) is 23.5 Å². The number of hydrogen-bond donors (Lipinski definition) is 1. The number of nitrogens with zero attached hydrogens (tertiary/aromatic N) is 2. The molecule has 1 fully saturated rings. The Kier molecular flexibility index (Phi) is 6.14. The molecule has 160 valence electrons. The molecule has 1 aromatic carbocycles. The maximum atomic E-state index is 12.7. The number of ether oxygens (including phenoxy) is 3. The van der Waals surface area contributed by atoms with Crippen LogP contribution in [-0.4, -0.2) is 62.0 Å². The van der Waals surface area contributed by atoms with Crippen LogP contribution in [-0.2, 0) is 19.6 Å². The largest absolute Gasteiger partial charge is 0.454 e. The monoisotopic (exact) mass is 451 g/mol. The van der Waals surface area contributed by atoms with Gasteiger partial charge >= 0.3 is 0 Å². The molecule has 11 heteroatoms. The van der Waals surface area contributed by atoms with E-state index in [0.29, 0.717) is 48.5 Å². The zero-order valence-corrected chi connectivity index (χ0v) is 17.9. The first-order valence-corrected chi connectivity index (χ1v) is 11.7. The van der Waals surface area contributed by atoms with Crippen molar-refractivity contribution in [3.63, 3.8) is 0 Å². The quantitative estimate of drug-likeness (QED) is 0.664. The second-order valence-corrected chi connectivity index (χ2v) is 9.96. The van der Waals surface area contributed by atoms with Crippen molar-refractivity contribution in [2.24, 2.45) is 0 Å². The van der Waals surface area contributed by atoms with Crippen LogP contribution in [0.4, 0.5) is 5.69 Å². The van der Waals surface area contributed by atoms with Gasteiger partial charge in [0.25, 0.3) is 0 Å². The summed E-state index contributed by atoms with van der Waals surface area (Å²) in [6.07, 6.45) is 1.33. The fraction of sp³-hybridized carbons (Fsp3) is 0.368. The van der Waals surface area contributed by atoms with Crippen molar-refractivity contribution < 1.29 is 27.4 Å². The van der Waals surface area contributed by atoms with E-state index in [1.165, 1.54) is 28.3 Å². The van der Waals surface area contributed by atoms with Gasteiger partial charge in [0.1, 0.15) is 4.90 Å². The second kappa shape index (κ2) is 8.80. The van der Waals surface area contributed by atoms with Crippen LogP contribution in [0.3, 0.4) is 0 Å². The highest BCUT2D eigenvalue weighted by Gasteiger charge is 2.27. The molecule has 0 bridgehead atoms. The van der Waals surface area contributed by atoms with Crippen LogP contribution in [0.25, 0.3) is 0 Å². The third-order valence-corrected chi connectivity index (χ3v) is 7.56. The maximum Gasteiger partial charge on any atom is 0.244 e. The Morgan fingerprint density at radius 2 is 1.93 bits per heavy atom. The molecule has 1 saturated heterocycles. The number of fused-ring (bicyclic) bond motifs is 1. The summed E-state index contributed by atoms with van der Waals surface area (Å²) in [6, 6.07) is 8.32. The molecule has 30 heavy (non-hydrogen) atoms. The minimum Gasteiger partial charge on any atom is -0.454 e. The van der Waals surface area contributed by atoms with Crippen LogP contribution in [0.2, 0.25) is 0 Å². The number of thioether (sulfide) groups is 1. The van der Waals surface area contributed by atoms with Gasteiger partial charge in [-0.15, -0.1) is 0 Å². The zero-order chi connectivity index (χ0) is 21.1. The predicted octanol–water partition coefficient (Wildman–Crippen LogP) is 1.95. The van der Waals surface area contributed by atoms with Crippen molar-refractivity contribution in [1.82, 2.24) is 9.29 Å². The normalized spacial score (nSPS) is 17.5. The van der Waals surface area contributed by atoms with E-state index in [1.54, 1.807) is 31.2 Å². The molecular formula is C19H21N3O6S2. The highest BCUT2D eigenvalue weighted by atomic mass is 32.2. The van der Waals surface area contributed by atoms with Crippen LogP contribution in [0.5, 0.6) is 11.5 Å². The minimum atomic E-state index is -3.59. The smallest absolute Gasteiger partial charge is 0.244 e. The molecule has 0 radical (unpaired) electrons. The van der Waals surface area contributed by atoms with E-state index >= 15 is 0 Å². The van der Waals surface area contributed by atoms with Crippen LogP contribution < -0.4 is 14.8 Å². The number of hydrogen-bond acceptors (Lipinski definition) is 8. The third-order valence-electron chi connectivity index (χ3n) is 4.62. The zero-order valence-electron chi connectivity index (χ0n) is 16.2. The van der Waals surface area contributed by atoms with Crippen LogP contribution in [0, 0.1) is 0 Å². The number of sulfonamides is 1. The standard InChI is InChI=1S/C19H21N3O6S2/c1-13(19(23)21-14-2-4-16-17(10-14)28-12-27-16)29-18-5-3-15(11-20-18)30(24,25)22-6-8-26-9-7-22/h2-5,10-11,13H,6-9,12H2,1H3,(H,21,23). The first-order valence-electron chi connectivity index (χ1n) is 9.34. The summed E-state index contributed by atoms with van der Waals surface area (Å²) in [4.78, 5) is 16.9. The molecule has 4 rings (SSSR count). The SMILES string of the molecule is CC(Sc1ccc(S(=O)(=O)N2CCOCC2)cn1)C(=O)Nc1ccc2c(c1)OCO2. The molecule has 1 atom stereocenters. The molecule has 1 aromatic heterocycles. The average Bonchev–Trinajstić information content (AvgIpc) is 3.22. The van der Waals surface area contributed by atoms with E-state index in [0.717, 1.165) is 0 Å². The van der Waals surface area contributed by atoms with Crippen molar-refractivity contribution in [2.45, 2.75) is 22.1 Å². The molecule has 2 aliphatic heterocycles. The lowest BCUT2D eigenvalue weighted by molar-refractivity contribution is -0.115. The number of benzene rings is 1. The van der Waals surface area contributed by atoms with Gasteiger partial charge in [-0.05, 0) is 31.2 Å². The number of morpholine rings is 1. The molecule has 9 nitrogen and oxygen atoms in total. The Bertz CT molecular complexity index is 1020. The molecule has 2 aliphatic rings. The topological polar surface area (TPSA) is 107 Å². The van der Waals surface area contributed by atoms with Gasteiger partial charge in [-0.2, -0.15) is 4.31 Å². The van der Waals surface area contributed by atoms with Gasteiger partial charge in [0.15, 0.2) is 11.5 Å². The Morgan fingerprint density at radius 3 is 2.67 bits per heavy atom. The lowest BCUT2D eigenvalue weighted by Crippen LogP contribution is -2.40. The minimum absolute atomic E-state index is 0.131. The highest BCUT2D eigenvalue weighted by Crippen LogP contribution is 2.34. The molecule has 1 amide bonds. The number of nitrogens with one attached hydrogen (secondary N) is 1. The summed E-state index contributed by atoms with van der Waals surface area (Å²) in [6.45, 7) is 3.36. The third kappa shape index (κ3) is 4.53. The van der Waals surface area contributed by atoms with Gasteiger partial charge in [-0.3, -0.25) is 4.79 Å². The van der Waals surface area contributed by atoms with Crippen LogP contribution >= 0.6 is 11.8 Å². The Labute approximate surface area is 178 Å². The van der Waals surface area contributed by atoms with Crippen molar-refractivity contribution in [3.8, 4) is 11.5 Å². The number of amides is 1.